The van der Waals surface area contributed by atoms with Crippen molar-refractivity contribution in [3.8, 4) is 39.5 Å². The number of hydrogen-bond donors (Lipinski definition) is 0. The van der Waals surface area contributed by atoms with E-state index >= 15 is 0 Å². The number of nitrogens with zero attached hydrogens (tertiary/aromatic N) is 1. The molecule has 0 heterocycles. The van der Waals surface area contributed by atoms with E-state index in [1.165, 1.54) is 11.1 Å². The maximum Gasteiger partial charge on any atom is 0.335 e. The largest absolute Gasteiger partial charge is 0.490 e. The van der Waals surface area contributed by atoms with Gasteiger partial charge in [-0.3, -0.25) is 0 Å². The fourth-order valence-electron chi connectivity index (χ4n) is 5.42. The Kier molecular flexibility index (Phi) is 10.0. The molecule has 236 valence electrons. The van der Waals surface area contributed by atoms with Gasteiger partial charge in [-0.15, -0.1) is 0 Å². The third-order valence-electron chi connectivity index (χ3n) is 7.56. The minimum Gasteiger partial charge on any atom is -0.490 e. The van der Waals surface area contributed by atoms with Crippen LogP contribution in [0, 0.1) is 20.8 Å². The van der Waals surface area contributed by atoms with Crippen molar-refractivity contribution in [3.05, 3.63) is 145 Å². The van der Waals surface area contributed by atoms with Gasteiger partial charge >= 0.3 is 11.9 Å². The lowest BCUT2D eigenvalue weighted by molar-refractivity contribution is -0.129. The number of benzene rings is 5. The van der Waals surface area contributed by atoms with Gasteiger partial charge in [-0.1, -0.05) is 55.6 Å². The molecule has 0 fully saturated rings. The molecule has 5 aromatic rings. The minimum atomic E-state index is -0.540. The first-order chi connectivity index (χ1) is 22.7. The summed E-state index contributed by atoms with van der Waals surface area (Å²) in [5, 5.41) is 0. The van der Waals surface area contributed by atoms with E-state index < -0.39 is 11.9 Å². The molecule has 6 heteroatoms. The van der Waals surface area contributed by atoms with Crippen LogP contribution in [0.15, 0.2) is 128 Å². The summed E-state index contributed by atoms with van der Waals surface area (Å²) in [5.74, 6) is 0.333. The smallest absolute Gasteiger partial charge is 0.335 e. The summed E-state index contributed by atoms with van der Waals surface area (Å²) >= 11 is 0. The van der Waals surface area contributed by atoms with Crippen LogP contribution in [0.4, 0.5) is 17.1 Å². The Morgan fingerprint density at radius 3 is 1.53 bits per heavy atom. The first-order valence-corrected chi connectivity index (χ1v) is 15.3. The zero-order valence-electron chi connectivity index (χ0n) is 27.1. The molecule has 0 unspecified atom stereocenters. The van der Waals surface area contributed by atoms with Gasteiger partial charge in [0, 0.05) is 29.2 Å². The Bertz CT molecular complexity index is 1920. The maximum atomic E-state index is 11.8. The van der Waals surface area contributed by atoms with Crippen molar-refractivity contribution in [1.82, 2.24) is 0 Å². The lowest BCUT2D eigenvalue weighted by atomic mass is 10.0. The molecule has 0 saturated carbocycles. The average molecular weight is 624 g/mol. The van der Waals surface area contributed by atoms with E-state index in [-0.39, 0.29) is 0 Å². The van der Waals surface area contributed by atoms with Gasteiger partial charge < -0.3 is 19.1 Å². The fraction of sp³-hybridized carbons (Fsp3) is 0.122. The molecular weight excluding hydrogens is 586 g/mol. The van der Waals surface area contributed by atoms with E-state index in [4.69, 9.17) is 14.2 Å². The van der Waals surface area contributed by atoms with Gasteiger partial charge in [-0.2, -0.15) is 0 Å². The van der Waals surface area contributed by atoms with Gasteiger partial charge in [0.2, 0.25) is 0 Å². The summed E-state index contributed by atoms with van der Waals surface area (Å²) in [5.41, 5.74) is 10.2. The van der Waals surface area contributed by atoms with Crippen molar-refractivity contribution in [2.45, 2.75) is 27.7 Å². The molecule has 0 N–H and O–H groups in total. The third kappa shape index (κ3) is 7.68. The zero-order valence-corrected chi connectivity index (χ0v) is 27.1. The van der Waals surface area contributed by atoms with Gasteiger partial charge in [-0.05, 0) is 127 Å². The van der Waals surface area contributed by atoms with E-state index in [1.54, 1.807) is 6.07 Å². The third-order valence-corrected chi connectivity index (χ3v) is 7.56. The molecule has 0 spiro atoms. The maximum absolute atomic E-state index is 11.8. The average Bonchev–Trinajstić information content (AvgIpc) is 3.07. The van der Waals surface area contributed by atoms with Crippen molar-refractivity contribution >= 4 is 29.0 Å². The molecule has 0 aliphatic heterocycles. The molecule has 0 radical (unpaired) electrons. The van der Waals surface area contributed by atoms with E-state index in [0.29, 0.717) is 23.9 Å². The van der Waals surface area contributed by atoms with Gasteiger partial charge in [0.25, 0.3) is 0 Å². The summed E-state index contributed by atoms with van der Waals surface area (Å²) in [6, 6.07) is 34.6. The molecule has 6 nitrogen and oxygen atoms in total. The molecule has 0 atom stereocenters. The van der Waals surface area contributed by atoms with E-state index in [1.807, 2.05) is 44.2 Å². The fourth-order valence-corrected chi connectivity index (χ4v) is 5.42. The van der Waals surface area contributed by atoms with Gasteiger partial charge in [0.05, 0.1) is 6.61 Å². The normalized spacial score (nSPS) is 10.6. The first kappa shape index (κ1) is 32.5. The van der Waals surface area contributed by atoms with Crippen molar-refractivity contribution in [2.75, 3.05) is 11.5 Å². The highest BCUT2D eigenvalue weighted by molar-refractivity contribution is 5.85. The van der Waals surface area contributed by atoms with Crippen LogP contribution in [0.2, 0.25) is 0 Å². The van der Waals surface area contributed by atoms with Crippen LogP contribution >= 0.6 is 0 Å². The van der Waals surface area contributed by atoms with Crippen LogP contribution in [-0.2, 0) is 9.59 Å². The lowest BCUT2D eigenvalue weighted by Crippen LogP contribution is -2.10. The van der Waals surface area contributed by atoms with Crippen LogP contribution in [0.5, 0.6) is 17.2 Å². The van der Waals surface area contributed by atoms with Crippen molar-refractivity contribution in [2.24, 2.45) is 0 Å². The second-order valence-electron chi connectivity index (χ2n) is 11.1. The lowest BCUT2D eigenvalue weighted by Gasteiger charge is -2.27. The van der Waals surface area contributed by atoms with Crippen LogP contribution < -0.4 is 19.1 Å². The molecule has 0 saturated heterocycles. The van der Waals surface area contributed by atoms with E-state index in [0.717, 1.165) is 57.0 Å². The van der Waals surface area contributed by atoms with E-state index in [9.17, 15) is 9.59 Å². The first-order valence-electron chi connectivity index (χ1n) is 15.3. The minimum absolute atomic E-state index is 0.351. The highest BCUT2D eigenvalue weighted by Crippen LogP contribution is 2.39. The molecule has 0 amide bonds. The predicted molar refractivity (Wildman–Crippen MR) is 189 cm³/mol. The van der Waals surface area contributed by atoms with Crippen molar-refractivity contribution in [3.63, 3.8) is 0 Å². The molecule has 0 aromatic heterocycles. The van der Waals surface area contributed by atoms with Crippen LogP contribution in [0.3, 0.4) is 0 Å². The van der Waals surface area contributed by atoms with Crippen molar-refractivity contribution < 1.29 is 23.8 Å². The number of ether oxygens (including phenoxy) is 3. The summed E-state index contributed by atoms with van der Waals surface area (Å²) in [4.78, 5) is 25.7. The van der Waals surface area contributed by atoms with Gasteiger partial charge in [0.1, 0.15) is 5.75 Å². The quantitative estimate of drug-likeness (QED) is 0.0829. The number of hydrogen-bond acceptors (Lipinski definition) is 6. The van der Waals surface area contributed by atoms with Crippen LogP contribution in [0.1, 0.15) is 23.6 Å². The number of carbonyl (C=O) groups excluding carboxylic acids is 2. The molecule has 47 heavy (non-hydrogen) atoms. The predicted octanol–water partition coefficient (Wildman–Crippen LogP) is 10.00. The molecule has 0 aliphatic rings. The number of esters is 2. The Hall–Kier alpha value is -5.88. The second-order valence-corrected chi connectivity index (χ2v) is 11.1. The number of rotatable bonds is 11. The van der Waals surface area contributed by atoms with Crippen molar-refractivity contribution in [1.29, 1.82) is 0 Å². The van der Waals surface area contributed by atoms with E-state index in [2.05, 4.69) is 98.6 Å². The molecule has 0 bridgehead atoms. The summed E-state index contributed by atoms with van der Waals surface area (Å²) < 4.78 is 16.5. The summed E-state index contributed by atoms with van der Waals surface area (Å²) in [6.07, 6.45) is 2.28. The number of anilines is 3. The van der Waals surface area contributed by atoms with Gasteiger partial charge in [0.15, 0.2) is 11.5 Å². The van der Waals surface area contributed by atoms with Gasteiger partial charge in [-0.25, -0.2) is 9.59 Å². The number of carbonyl (C=O) groups is 2. The molecule has 5 rings (SSSR count). The second kappa shape index (κ2) is 14.5. The Morgan fingerprint density at radius 2 is 1.04 bits per heavy atom. The summed E-state index contributed by atoms with van der Waals surface area (Å²) in [7, 11) is 0. The highest BCUT2D eigenvalue weighted by atomic mass is 16.6. The summed E-state index contributed by atoms with van der Waals surface area (Å²) in [6.45, 7) is 15.4. The molecule has 0 aliphatic carbocycles. The van der Waals surface area contributed by atoms with Crippen LogP contribution in [-0.4, -0.2) is 18.5 Å². The monoisotopic (exact) mass is 623 g/mol. The number of aryl methyl sites for hydroxylation is 3. The topological polar surface area (TPSA) is 65.1 Å². The SMILES string of the molecule is C=CC(=O)Oc1ccc(-c2ccc(N(c3ccc(-c4ccc(OC(=O)C=C)c(OCC)c4)cc3)c3cc(C)cc(C)c3)cc2)cc1C. The standard InChI is InChI=1S/C41H37NO5/c1-7-40(43)46-37-20-14-32(25-29(37)6)30-10-16-34(17-11-30)42(36-23-27(4)22-28(5)24-36)35-18-12-31(13-19-35)33-15-21-38(47-41(44)8-2)39(26-33)45-9-3/h7-8,10-26H,1-2,9H2,3-6H3. The van der Waals surface area contributed by atoms with Crippen LogP contribution in [0.25, 0.3) is 22.3 Å². The Balaban J connectivity index is 1.48. The Morgan fingerprint density at radius 1 is 0.574 bits per heavy atom. The zero-order chi connectivity index (χ0) is 33.5. The molecular formula is C41H37NO5. The Labute approximate surface area is 276 Å². The molecule has 5 aromatic carbocycles. The highest BCUT2D eigenvalue weighted by Gasteiger charge is 2.16.